The molecule has 2 heterocycles. The Balaban J connectivity index is 1.47. The normalized spacial score (nSPS) is 11.2. The van der Waals surface area contributed by atoms with Crippen LogP contribution in [0.4, 0.5) is 0 Å². The summed E-state index contributed by atoms with van der Waals surface area (Å²) in [7, 11) is 0. The summed E-state index contributed by atoms with van der Waals surface area (Å²) in [5.41, 5.74) is 2.77. The highest BCUT2D eigenvalue weighted by Gasteiger charge is 2.18. The van der Waals surface area contributed by atoms with Crippen LogP contribution < -0.4 is 5.32 Å². The number of carbonyl (C=O) groups excluding carboxylic acids is 1. The van der Waals surface area contributed by atoms with Crippen molar-refractivity contribution >= 4 is 5.91 Å². The van der Waals surface area contributed by atoms with Gasteiger partial charge in [-0.3, -0.25) is 9.78 Å². The minimum Gasteiger partial charge on any atom is -0.347 e. The Hall–Kier alpha value is -3.03. The van der Waals surface area contributed by atoms with Gasteiger partial charge < -0.3 is 20.1 Å². The van der Waals surface area contributed by atoms with Crippen LogP contribution in [0, 0.1) is 0 Å². The highest BCUT2D eigenvalue weighted by atomic mass is 16.2. The zero-order chi connectivity index (χ0) is 24.7. The summed E-state index contributed by atoms with van der Waals surface area (Å²) in [6.07, 6.45) is 10.0. The van der Waals surface area contributed by atoms with Crippen LogP contribution in [0.15, 0.2) is 61.1 Å². The molecule has 7 nitrogen and oxygen atoms in total. The molecule has 0 saturated carbocycles. The zero-order valence-electron chi connectivity index (χ0n) is 21.2. The molecular weight excluding hydrogens is 436 g/mol. The summed E-state index contributed by atoms with van der Waals surface area (Å²) >= 11 is 0. The number of pyridine rings is 1. The second-order valence-electron chi connectivity index (χ2n) is 8.95. The predicted molar refractivity (Wildman–Crippen MR) is 141 cm³/mol. The van der Waals surface area contributed by atoms with Gasteiger partial charge >= 0.3 is 0 Å². The highest BCUT2D eigenvalue weighted by molar-refractivity contribution is 5.92. The number of benzene rings is 1. The average molecular weight is 477 g/mol. The van der Waals surface area contributed by atoms with Gasteiger partial charge in [0.05, 0.1) is 6.54 Å². The fourth-order valence-corrected chi connectivity index (χ4v) is 4.18. The first-order valence-electron chi connectivity index (χ1n) is 12.9. The van der Waals surface area contributed by atoms with Gasteiger partial charge in [-0.15, -0.1) is 0 Å². The molecule has 0 saturated heterocycles. The molecule has 0 radical (unpaired) electrons. The Morgan fingerprint density at radius 2 is 1.66 bits per heavy atom. The van der Waals surface area contributed by atoms with E-state index in [1.54, 1.807) is 29.6 Å². The summed E-state index contributed by atoms with van der Waals surface area (Å²) in [5, 5.41) is 3.57. The molecule has 2 aromatic heterocycles. The van der Waals surface area contributed by atoms with Crippen LogP contribution in [0.5, 0.6) is 0 Å². The number of unbranched alkanes of at least 4 members (excludes halogenated alkanes) is 1. The molecule has 188 valence electrons. The molecule has 2 N–H and O–H groups in total. The van der Waals surface area contributed by atoms with E-state index >= 15 is 0 Å². The molecule has 0 aliphatic heterocycles. The Morgan fingerprint density at radius 1 is 0.886 bits per heavy atom. The number of hydrogen-bond donors (Lipinski definition) is 2. The van der Waals surface area contributed by atoms with Crippen LogP contribution in [0.1, 0.15) is 67.0 Å². The van der Waals surface area contributed by atoms with E-state index in [1.807, 2.05) is 12.1 Å². The summed E-state index contributed by atoms with van der Waals surface area (Å²) in [6, 6.07) is 13.9. The number of amides is 1. The molecule has 0 aliphatic carbocycles. The Labute approximate surface area is 210 Å². The maximum absolute atomic E-state index is 13.1. The highest BCUT2D eigenvalue weighted by Crippen LogP contribution is 2.13. The maximum Gasteiger partial charge on any atom is 0.273 e. The van der Waals surface area contributed by atoms with Crippen LogP contribution in [-0.4, -0.2) is 56.8 Å². The topological polar surface area (TPSA) is 77.1 Å². The van der Waals surface area contributed by atoms with Crippen LogP contribution in [-0.2, 0) is 19.6 Å². The number of H-pyrrole nitrogens is 1. The quantitative estimate of drug-likeness (QED) is 0.295. The second-order valence-corrected chi connectivity index (χ2v) is 8.95. The van der Waals surface area contributed by atoms with E-state index in [4.69, 9.17) is 0 Å². The lowest BCUT2D eigenvalue weighted by atomic mass is 10.1. The number of hydrogen-bond acceptors (Lipinski definition) is 5. The van der Waals surface area contributed by atoms with Crippen molar-refractivity contribution < 1.29 is 4.79 Å². The molecule has 3 rings (SSSR count). The number of nitrogens with one attached hydrogen (secondary N) is 2. The first kappa shape index (κ1) is 26.6. The van der Waals surface area contributed by atoms with Crippen molar-refractivity contribution in [2.24, 2.45) is 0 Å². The molecule has 35 heavy (non-hydrogen) atoms. The van der Waals surface area contributed by atoms with Crippen molar-refractivity contribution in [1.29, 1.82) is 0 Å². The fraction of sp³-hybridized carbons (Fsp3) is 0.464. The molecule has 0 atom stereocenters. The smallest absolute Gasteiger partial charge is 0.273 e. The van der Waals surface area contributed by atoms with E-state index in [0.717, 1.165) is 24.5 Å². The first-order valence-corrected chi connectivity index (χ1v) is 12.9. The van der Waals surface area contributed by atoms with Crippen LogP contribution in [0.3, 0.4) is 0 Å². The van der Waals surface area contributed by atoms with E-state index < -0.39 is 0 Å². The van der Waals surface area contributed by atoms with Gasteiger partial charge in [0.15, 0.2) is 0 Å². The summed E-state index contributed by atoms with van der Waals surface area (Å²) in [4.78, 5) is 29.1. The van der Waals surface area contributed by atoms with Gasteiger partial charge in [0.2, 0.25) is 0 Å². The van der Waals surface area contributed by atoms with Gasteiger partial charge in [-0.1, -0.05) is 44.2 Å². The maximum atomic E-state index is 13.1. The number of aromatic amines is 1. The van der Waals surface area contributed by atoms with Crippen molar-refractivity contribution in [3.05, 3.63) is 83.7 Å². The van der Waals surface area contributed by atoms with Crippen molar-refractivity contribution in [2.45, 2.75) is 59.2 Å². The molecule has 0 aliphatic rings. The monoisotopic (exact) mass is 476 g/mol. The van der Waals surface area contributed by atoms with E-state index in [9.17, 15) is 4.79 Å². The summed E-state index contributed by atoms with van der Waals surface area (Å²) in [6.45, 7) is 10.9. The SMILES string of the molecule is CCCN(CCC)CCCCNCc1ccc(CN(Cc2ncc[nH]2)C(=O)c2ccccn2)cc1. The van der Waals surface area contributed by atoms with Gasteiger partial charge in [-0.2, -0.15) is 0 Å². The minimum atomic E-state index is -0.107. The van der Waals surface area contributed by atoms with Gasteiger partial charge in [0, 0.05) is 31.7 Å². The Bertz CT molecular complexity index is 953. The van der Waals surface area contributed by atoms with Gasteiger partial charge in [0.1, 0.15) is 11.5 Å². The fourth-order valence-electron chi connectivity index (χ4n) is 4.18. The molecule has 0 unspecified atom stereocenters. The second kappa shape index (κ2) is 15.1. The third-order valence-electron chi connectivity index (χ3n) is 5.95. The van der Waals surface area contributed by atoms with Crippen molar-refractivity contribution in [3.8, 4) is 0 Å². The molecule has 3 aromatic rings. The molecule has 0 spiro atoms. The molecule has 7 heteroatoms. The van der Waals surface area contributed by atoms with Crippen molar-refractivity contribution in [3.63, 3.8) is 0 Å². The minimum absolute atomic E-state index is 0.107. The zero-order valence-corrected chi connectivity index (χ0v) is 21.2. The molecule has 0 fully saturated rings. The molecule has 1 amide bonds. The first-order chi connectivity index (χ1) is 17.2. The average Bonchev–Trinajstić information content (AvgIpc) is 3.40. The van der Waals surface area contributed by atoms with Crippen molar-refractivity contribution in [2.75, 3.05) is 26.2 Å². The standard InChI is InChI=1S/C28H40N6O/c1-3-18-33(19-4-2)20-8-7-14-29-21-24-10-12-25(13-11-24)22-34(23-27-31-16-17-32-27)28(35)26-9-5-6-15-30-26/h5-6,9-13,15-17,29H,3-4,7-8,14,18-23H2,1-2H3,(H,31,32). The summed E-state index contributed by atoms with van der Waals surface area (Å²) in [5.74, 6) is 0.645. The number of rotatable bonds is 16. The number of carbonyl (C=O) groups is 1. The third kappa shape index (κ3) is 9.26. The number of aromatic nitrogens is 3. The number of imidazole rings is 1. The van der Waals surface area contributed by atoms with Crippen LogP contribution >= 0.6 is 0 Å². The Morgan fingerprint density at radius 3 is 2.31 bits per heavy atom. The van der Waals surface area contributed by atoms with Gasteiger partial charge in [0.25, 0.3) is 5.91 Å². The number of nitrogens with zero attached hydrogens (tertiary/aromatic N) is 4. The Kier molecular flexibility index (Phi) is 11.4. The lowest BCUT2D eigenvalue weighted by Gasteiger charge is -2.22. The van der Waals surface area contributed by atoms with Crippen molar-refractivity contribution in [1.82, 2.24) is 30.1 Å². The molecule has 1 aromatic carbocycles. The molecule has 0 bridgehead atoms. The van der Waals surface area contributed by atoms with Crippen LogP contribution in [0.25, 0.3) is 0 Å². The van der Waals surface area contributed by atoms with E-state index in [1.165, 1.54) is 50.9 Å². The predicted octanol–water partition coefficient (Wildman–Crippen LogP) is 4.64. The van der Waals surface area contributed by atoms with E-state index in [2.05, 4.69) is 63.3 Å². The van der Waals surface area contributed by atoms with Gasteiger partial charge in [-0.25, -0.2) is 4.98 Å². The third-order valence-corrected chi connectivity index (χ3v) is 5.95. The van der Waals surface area contributed by atoms with Gasteiger partial charge in [-0.05, 0) is 75.1 Å². The lowest BCUT2D eigenvalue weighted by molar-refractivity contribution is 0.0720. The van der Waals surface area contributed by atoms with E-state index in [-0.39, 0.29) is 5.91 Å². The molecular formula is C28H40N6O. The van der Waals surface area contributed by atoms with E-state index in [0.29, 0.717) is 18.8 Å². The van der Waals surface area contributed by atoms with Crippen LogP contribution in [0.2, 0.25) is 0 Å². The summed E-state index contributed by atoms with van der Waals surface area (Å²) < 4.78 is 0. The lowest BCUT2D eigenvalue weighted by Crippen LogP contribution is -2.31. The largest absolute Gasteiger partial charge is 0.347 e.